The van der Waals surface area contributed by atoms with Crippen molar-refractivity contribution in [1.82, 2.24) is 24.5 Å². The van der Waals surface area contributed by atoms with E-state index in [2.05, 4.69) is 22.2 Å². The van der Waals surface area contributed by atoms with Gasteiger partial charge in [0, 0.05) is 12.6 Å². The molecule has 5 heteroatoms. The van der Waals surface area contributed by atoms with Gasteiger partial charge < -0.3 is 0 Å². The highest BCUT2D eigenvalue weighted by Crippen LogP contribution is 2.07. The third kappa shape index (κ3) is 2.23. The summed E-state index contributed by atoms with van der Waals surface area (Å²) in [5.74, 6) is 1.02. The topological polar surface area (TPSA) is 48.5 Å². The van der Waals surface area contributed by atoms with Crippen LogP contribution in [0, 0.1) is 0 Å². The van der Waals surface area contributed by atoms with Crippen molar-refractivity contribution in [2.24, 2.45) is 0 Å². The molecule has 0 bridgehead atoms. The van der Waals surface area contributed by atoms with Crippen LogP contribution < -0.4 is 0 Å². The molecule has 80 valence electrons. The molecule has 0 atom stereocenters. The van der Waals surface area contributed by atoms with Crippen molar-refractivity contribution in [2.75, 3.05) is 0 Å². The van der Waals surface area contributed by atoms with Crippen molar-refractivity contribution in [2.45, 2.75) is 32.7 Å². The van der Waals surface area contributed by atoms with Crippen molar-refractivity contribution in [3.8, 4) is 5.82 Å². The largest absolute Gasteiger partial charge is 0.272 e. The maximum atomic E-state index is 4.28. The minimum absolute atomic E-state index is 0.953. The van der Waals surface area contributed by atoms with Crippen LogP contribution >= 0.6 is 0 Å². The summed E-state index contributed by atoms with van der Waals surface area (Å²) >= 11 is 0. The maximum Gasteiger partial charge on any atom is 0.137 e. The zero-order valence-corrected chi connectivity index (χ0v) is 8.87. The quantitative estimate of drug-likeness (QED) is 0.697. The van der Waals surface area contributed by atoms with Crippen molar-refractivity contribution >= 4 is 0 Å². The van der Waals surface area contributed by atoms with Crippen molar-refractivity contribution in [3.63, 3.8) is 0 Å². The standard InChI is InChI=1S/C10H15N5/c1-2-3-4-7-15-10(5-6-13-15)14-8-11-12-9-14/h5-6,8-9H,2-4,7H2,1H3. The lowest BCUT2D eigenvalue weighted by molar-refractivity contribution is 0.543. The van der Waals surface area contributed by atoms with E-state index in [0.717, 1.165) is 18.8 Å². The first-order valence-corrected chi connectivity index (χ1v) is 5.28. The average Bonchev–Trinajstić information content (AvgIpc) is 2.87. The van der Waals surface area contributed by atoms with Crippen molar-refractivity contribution in [1.29, 1.82) is 0 Å². The summed E-state index contributed by atoms with van der Waals surface area (Å²) in [6, 6.07) is 1.97. The van der Waals surface area contributed by atoms with E-state index in [-0.39, 0.29) is 0 Å². The first-order chi connectivity index (χ1) is 7.42. The lowest BCUT2D eigenvalue weighted by Crippen LogP contribution is -2.06. The molecule has 0 spiro atoms. The zero-order chi connectivity index (χ0) is 10.5. The lowest BCUT2D eigenvalue weighted by atomic mass is 10.2. The molecule has 0 unspecified atom stereocenters. The molecule has 0 saturated heterocycles. The second-order valence-electron chi connectivity index (χ2n) is 3.49. The summed E-state index contributed by atoms with van der Waals surface area (Å²) in [7, 11) is 0. The smallest absolute Gasteiger partial charge is 0.137 e. The first-order valence-electron chi connectivity index (χ1n) is 5.28. The fourth-order valence-corrected chi connectivity index (χ4v) is 1.55. The second-order valence-corrected chi connectivity index (χ2v) is 3.49. The van der Waals surface area contributed by atoms with Gasteiger partial charge in [0.05, 0.1) is 6.20 Å². The van der Waals surface area contributed by atoms with Crippen LogP contribution in [0.3, 0.4) is 0 Å². The van der Waals surface area contributed by atoms with Crippen LogP contribution in [0.1, 0.15) is 26.2 Å². The Morgan fingerprint density at radius 1 is 1.20 bits per heavy atom. The second kappa shape index (κ2) is 4.72. The van der Waals surface area contributed by atoms with Crippen molar-refractivity contribution < 1.29 is 0 Å². The molecular formula is C10H15N5. The molecule has 0 aliphatic carbocycles. The molecule has 0 amide bonds. The lowest BCUT2D eigenvalue weighted by Gasteiger charge is -2.06. The number of rotatable bonds is 5. The van der Waals surface area contributed by atoms with Gasteiger partial charge >= 0.3 is 0 Å². The summed E-state index contributed by atoms with van der Waals surface area (Å²) in [6.45, 7) is 3.15. The van der Waals surface area contributed by atoms with Crippen LogP contribution in [-0.2, 0) is 6.54 Å². The number of hydrogen-bond donors (Lipinski definition) is 0. The fraction of sp³-hybridized carbons (Fsp3) is 0.500. The molecule has 2 heterocycles. The molecule has 0 aromatic carbocycles. The Bertz CT molecular complexity index is 390. The summed E-state index contributed by atoms with van der Waals surface area (Å²) < 4.78 is 3.86. The SMILES string of the molecule is CCCCCn1nccc1-n1cnnc1. The molecule has 0 N–H and O–H groups in total. The Kier molecular flexibility index (Phi) is 3.11. The number of aryl methyl sites for hydroxylation is 1. The molecule has 0 aliphatic heterocycles. The average molecular weight is 205 g/mol. The third-order valence-corrected chi connectivity index (χ3v) is 2.35. The van der Waals surface area contributed by atoms with Gasteiger partial charge in [-0.15, -0.1) is 10.2 Å². The van der Waals surface area contributed by atoms with Gasteiger partial charge in [0.2, 0.25) is 0 Å². The highest BCUT2D eigenvalue weighted by molar-refractivity contribution is 5.19. The third-order valence-electron chi connectivity index (χ3n) is 2.35. The van der Waals surface area contributed by atoms with Gasteiger partial charge in [-0.1, -0.05) is 19.8 Å². The minimum atomic E-state index is 0.953. The van der Waals surface area contributed by atoms with Gasteiger partial charge in [-0.2, -0.15) is 5.10 Å². The minimum Gasteiger partial charge on any atom is -0.272 e. The van der Waals surface area contributed by atoms with E-state index >= 15 is 0 Å². The Morgan fingerprint density at radius 2 is 2.00 bits per heavy atom. The molecule has 2 aromatic heterocycles. The molecule has 0 saturated carbocycles. The van der Waals surface area contributed by atoms with Gasteiger partial charge in [0.15, 0.2) is 0 Å². The molecule has 5 nitrogen and oxygen atoms in total. The van der Waals surface area contributed by atoms with Crippen LogP contribution in [0.25, 0.3) is 5.82 Å². The van der Waals surface area contributed by atoms with E-state index in [1.807, 2.05) is 15.3 Å². The number of hydrogen-bond acceptors (Lipinski definition) is 3. The molecule has 2 aromatic rings. The number of nitrogens with zero attached hydrogens (tertiary/aromatic N) is 5. The van der Waals surface area contributed by atoms with Crippen LogP contribution in [0.4, 0.5) is 0 Å². The highest BCUT2D eigenvalue weighted by atomic mass is 15.4. The monoisotopic (exact) mass is 205 g/mol. The summed E-state index contributed by atoms with van der Waals surface area (Å²) in [5.41, 5.74) is 0. The highest BCUT2D eigenvalue weighted by Gasteiger charge is 2.03. The van der Waals surface area contributed by atoms with E-state index in [0.29, 0.717) is 0 Å². The van der Waals surface area contributed by atoms with Crippen LogP contribution in [0.5, 0.6) is 0 Å². The number of unbranched alkanes of at least 4 members (excludes halogenated alkanes) is 2. The Labute approximate surface area is 88.7 Å². The molecular weight excluding hydrogens is 190 g/mol. The van der Waals surface area contributed by atoms with Crippen molar-refractivity contribution in [3.05, 3.63) is 24.9 Å². The van der Waals surface area contributed by atoms with Crippen LogP contribution in [0.2, 0.25) is 0 Å². The molecule has 2 rings (SSSR count). The van der Waals surface area contributed by atoms with Gasteiger partial charge in [0.1, 0.15) is 18.5 Å². The predicted octanol–water partition coefficient (Wildman–Crippen LogP) is 1.65. The summed E-state index contributed by atoms with van der Waals surface area (Å²) in [4.78, 5) is 0. The Hall–Kier alpha value is -1.65. The predicted molar refractivity (Wildman–Crippen MR) is 56.7 cm³/mol. The Balaban J connectivity index is 2.09. The maximum absolute atomic E-state index is 4.28. The zero-order valence-electron chi connectivity index (χ0n) is 8.87. The van der Waals surface area contributed by atoms with Gasteiger partial charge in [-0.3, -0.25) is 4.57 Å². The molecule has 0 fully saturated rings. The fourth-order valence-electron chi connectivity index (χ4n) is 1.55. The van der Waals surface area contributed by atoms with E-state index in [4.69, 9.17) is 0 Å². The van der Waals surface area contributed by atoms with E-state index in [1.165, 1.54) is 12.8 Å². The van der Waals surface area contributed by atoms with Crippen LogP contribution in [-0.4, -0.2) is 24.5 Å². The Morgan fingerprint density at radius 3 is 2.73 bits per heavy atom. The summed E-state index contributed by atoms with van der Waals surface area (Å²) in [5, 5.41) is 11.9. The van der Waals surface area contributed by atoms with Gasteiger partial charge in [0.25, 0.3) is 0 Å². The van der Waals surface area contributed by atoms with E-state index < -0.39 is 0 Å². The molecule has 0 radical (unpaired) electrons. The van der Waals surface area contributed by atoms with E-state index in [1.54, 1.807) is 18.9 Å². The van der Waals surface area contributed by atoms with Crippen LogP contribution in [0.15, 0.2) is 24.9 Å². The summed E-state index contributed by atoms with van der Waals surface area (Å²) in [6.07, 6.45) is 8.81. The van der Waals surface area contributed by atoms with Gasteiger partial charge in [-0.05, 0) is 6.42 Å². The first kappa shape index (κ1) is 9.89. The normalized spacial score (nSPS) is 10.7. The number of aromatic nitrogens is 5. The van der Waals surface area contributed by atoms with E-state index in [9.17, 15) is 0 Å². The molecule has 15 heavy (non-hydrogen) atoms. The van der Waals surface area contributed by atoms with Gasteiger partial charge in [-0.25, -0.2) is 4.68 Å². The molecule has 0 aliphatic rings.